The van der Waals surface area contributed by atoms with Crippen LogP contribution in [-0.4, -0.2) is 32.3 Å². The summed E-state index contributed by atoms with van der Waals surface area (Å²) in [5.74, 6) is 0. The van der Waals surface area contributed by atoms with Crippen LogP contribution in [0.25, 0.3) is 0 Å². The molecule has 2 rings (SSSR count). The van der Waals surface area contributed by atoms with Crippen molar-refractivity contribution in [2.75, 3.05) is 25.2 Å². The van der Waals surface area contributed by atoms with Crippen LogP contribution in [0.4, 0.5) is 5.69 Å². The van der Waals surface area contributed by atoms with Gasteiger partial charge in [-0.25, -0.2) is 0 Å². The third-order valence-corrected chi connectivity index (χ3v) is 4.37. The Balaban J connectivity index is 2.22. The molecule has 3 nitrogen and oxygen atoms in total. The Morgan fingerprint density at radius 2 is 2.32 bits per heavy atom. The van der Waals surface area contributed by atoms with Crippen molar-refractivity contribution < 1.29 is 4.74 Å². The van der Waals surface area contributed by atoms with Gasteiger partial charge in [0.15, 0.2) is 0 Å². The van der Waals surface area contributed by atoms with Crippen LogP contribution < -0.4 is 10.6 Å². The fraction of sp³-hybridized carbons (Fsp3) is 0.600. The average molecular weight is 327 g/mol. The molecule has 0 saturated carbocycles. The molecule has 2 atom stereocenters. The Morgan fingerprint density at radius 1 is 1.53 bits per heavy atom. The van der Waals surface area contributed by atoms with Crippen molar-refractivity contribution in [1.29, 1.82) is 0 Å². The molecule has 1 heterocycles. The minimum absolute atomic E-state index is 0.223. The molecular formula is C15H23BrN2O. The minimum Gasteiger partial charge on any atom is -0.379 e. The first kappa shape index (κ1) is 14.8. The molecule has 106 valence electrons. The molecule has 2 unspecified atom stereocenters. The normalized spacial score (nSPS) is 20.5. The molecule has 1 fully saturated rings. The van der Waals surface area contributed by atoms with E-state index in [-0.39, 0.29) is 6.04 Å². The average Bonchev–Trinajstić information content (AvgIpc) is 2.92. The van der Waals surface area contributed by atoms with Gasteiger partial charge in [-0.3, -0.25) is 0 Å². The van der Waals surface area contributed by atoms with Gasteiger partial charge in [-0.05, 0) is 43.0 Å². The smallest absolute Gasteiger partial charge is 0.0670 e. The highest BCUT2D eigenvalue weighted by Crippen LogP contribution is 2.28. The van der Waals surface area contributed by atoms with Gasteiger partial charge in [0.1, 0.15) is 0 Å². The van der Waals surface area contributed by atoms with Crippen LogP contribution in [0.5, 0.6) is 0 Å². The summed E-state index contributed by atoms with van der Waals surface area (Å²) in [6.07, 6.45) is 3.03. The van der Waals surface area contributed by atoms with Crippen molar-refractivity contribution in [3.63, 3.8) is 0 Å². The highest BCUT2D eigenvalue weighted by molar-refractivity contribution is 9.10. The van der Waals surface area contributed by atoms with Gasteiger partial charge in [-0.2, -0.15) is 0 Å². The molecule has 1 aromatic rings. The first-order valence-electron chi connectivity index (χ1n) is 6.96. The number of nitrogens with zero attached hydrogens (tertiary/aromatic N) is 1. The maximum absolute atomic E-state index is 6.12. The molecule has 0 amide bonds. The third-order valence-electron chi connectivity index (χ3n) is 3.88. The van der Waals surface area contributed by atoms with E-state index < -0.39 is 0 Å². The summed E-state index contributed by atoms with van der Waals surface area (Å²) in [4.78, 5) is 2.34. The van der Waals surface area contributed by atoms with E-state index in [2.05, 4.69) is 53.0 Å². The molecule has 0 aliphatic carbocycles. The van der Waals surface area contributed by atoms with Gasteiger partial charge >= 0.3 is 0 Å². The van der Waals surface area contributed by atoms with Crippen LogP contribution in [0.15, 0.2) is 22.7 Å². The van der Waals surface area contributed by atoms with Gasteiger partial charge in [0.2, 0.25) is 0 Å². The van der Waals surface area contributed by atoms with Crippen LogP contribution >= 0.6 is 15.9 Å². The molecule has 0 bridgehead atoms. The molecule has 4 heteroatoms. The quantitative estimate of drug-likeness (QED) is 0.904. The summed E-state index contributed by atoms with van der Waals surface area (Å²) in [7, 11) is 2.16. The van der Waals surface area contributed by atoms with E-state index >= 15 is 0 Å². The maximum Gasteiger partial charge on any atom is 0.0670 e. The van der Waals surface area contributed by atoms with Crippen LogP contribution in [-0.2, 0) is 11.2 Å². The second kappa shape index (κ2) is 6.73. The van der Waals surface area contributed by atoms with E-state index in [0.29, 0.717) is 6.04 Å². The fourth-order valence-electron chi connectivity index (χ4n) is 2.51. The van der Waals surface area contributed by atoms with Gasteiger partial charge in [-0.15, -0.1) is 0 Å². The summed E-state index contributed by atoms with van der Waals surface area (Å²) < 4.78 is 6.61. The number of halogens is 1. The minimum atomic E-state index is 0.223. The lowest BCUT2D eigenvalue weighted by Gasteiger charge is -2.28. The summed E-state index contributed by atoms with van der Waals surface area (Å²) in [6, 6.07) is 7.18. The number of benzene rings is 1. The first-order chi connectivity index (χ1) is 9.11. The monoisotopic (exact) mass is 326 g/mol. The lowest BCUT2D eigenvalue weighted by atomic mass is 10.0. The summed E-state index contributed by atoms with van der Waals surface area (Å²) in [6.45, 7) is 3.83. The molecular weight excluding hydrogens is 304 g/mol. The maximum atomic E-state index is 6.12. The van der Waals surface area contributed by atoms with Crippen LogP contribution in [0.3, 0.4) is 0 Å². The summed E-state index contributed by atoms with van der Waals surface area (Å²) in [5, 5.41) is 0. The standard InChI is InChI=1S/C15H23BrN2O/c1-3-13(17)9-11-8-12(16)4-5-15(11)18(2)14-6-7-19-10-14/h4-5,8,13-14H,3,6-7,9-10,17H2,1-2H3. The van der Waals surface area contributed by atoms with Crippen molar-refractivity contribution in [2.24, 2.45) is 5.73 Å². The molecule has 2 N–H and O–H groups in total. The van der Waals surface area contributed by atoms with Crippen LogP contribution in [0, 0.1) is 0 Å². The predicted molar refractivity (Wildman–Crippen MR) is 83.7 cm³/mol. The Kier molecular flexibility index (Phi) is 5.25. The van der Waals surface area contributed by atoms with Gasteiger partial charge < -0.3 is 15.4 Å². The van der Waals surface area contributed by atoms with Crippen molar-refractivity contribution in [3.05, 3.63) is 28.2 Å². The largest absolute Gasteiger partial charge is 0.379 e. The Bertz CT molecular complexity index is 419. The number of rotatable bonds is 5. The zero-order chi connectivity index (χ0) is 13.8. The van der Waals surface area contributed by atoms with Gasteiger partial charge in [0.25, 0.3) is 0 Å². The number of likely N-dealkylation sites (N-methyl/N-ethyl adjacent to an activating group) is 1. The lowest BCUT2D eigenvalue weighted by Crippen LogP contribution is -2.33. The number of hydrogen-bond donors (Lipinski definition) is 1. The van der Waals surface area contributed by atoms with Crippen molar-refractivity contribution >= 4 is 21.6 Å². The molecule has 19 heavy (non-hydrogen) atoms. The van der Waals surface area contributed by atoms with Gasteiger partial charge in [0.05, 0.1) is 12.6 Å². The topological polar surface area (TPSA) is 38.5 Å². The highest BCUT2D eigenvalue weighted by Gasteiger charge is 2.22. The van der Waals surface area contributed by atoms with E-state index in [1.807, 2.05) is 0 Å². The van der Waals surface area contributed by atoms with E-state index in [4.69, 9.17) is 10.5 Å². The first-order valence-corrected chi connectivity index (χ1v) is 7.75. The van der Waals surface area contributed by atoms with Crippen molar-refractivity contribution in [2.45, 2.75) is 38.3 Å². The Morgan fingerprint density at radius 3 is 2.95 bits per heavy atom. The second-order valence-electron chi connectivity index (χ2n) is 5.27. The molecule has 1 aromatic carbocycles. The fourth-order valence-corrected chi connectivity index (χ4v) is 2.92. The molecule has 0 radical (unpaired) electrons. The van der Waals surface area contributed by atoms with Crippen LogP contribution in [0.1, 0.15) is 25.3 Å². The number of anilines is 1. The summed E-state index contributed by atoms with van der Waals surface area (Å²) >= 11 is 3.56. The van der Waals surface area contributed by atoms with Crippen molar-refractivity contribution in [1.82, 2.24) is 0 Å². The molecule has 1 aliphatic rings. The molecule has 0 spiro atoms. The molecule has 0 aromatic heterocycles. The van der Waals surface area contributed by atoms with E-state index in [1.54, 1.807) is 0 Å². The van der Waals surface area contributed by atoms with E-state index in [0.717, 1.165) is 36.9 Å². The van der Waals surface area contributed by atoms with E-state index in [9.17, 15) is 0 Å². The molecule has 1 saturated heterocycles. The number of nitrogens with two attached hydrogens (primary N) is 1. The Labute approximate surface area is 124 Å². The Hall–Kier alpha value is -0.580. The van der Waals surface area contributed by atoms with Crippen LogP contribution in [0.2, 0.25) is 0 Å². The molecule has 1 aliphatic heterocycles. The predicted octanol–water partition coefficient (Wildman–Crippen LogP) is 2.95. The van der Waals surface area contributed by atoms with Crippen molar-refractivity contribution in [3.8, 4) is 0 Å². The van der Waals surface area contributed by atoms with E-state index in [1.165, 1.54) is 11.3 Å². The SMILES string of the molecule is CCC(N)Cc1cc(Br)ccc1N(C)C1CCOC1. The zero-order valence-electron chi connectivity index (χ0n) is 11.7. The van der Waals surface area contributed by atoms with Gasteiger partial charge in [0, 0.05) is 29.9 Å². The summed E-state index contributed by atoms with van der Waals surface area (Å²) in [5.41, 5.74) is 8.72. The lowest BCUT2D eigenvalue weighted by molar-refractivity contribution is 0.193. The number of ether oxygens (including phenoxy) is 1. The zero-order valence-corrected chi connectivity index (χ0v) is 13.3. The number of hydrogen-bond acceptors (Lipinski definition) is 3. The third kappa shape index (κ3) is 3.71. The highest BCUT2D eigenvalue weighted by atomic mass is 79.9. The van der Waals surface area contributed by atoms with Gasteiger partial charge in [-0.1, -0.05) is 22.9 Å². The second-order valence-corrected chi connectivity index (χ2v) is 6.19.